The third-order valence-electron chi connectivity index (χ3n) is 8.64. The lowest BCUT2D eigenvalue weighted by Gasteiger charge is -2.35. The Kier molecular flexibility index (Phi) is 6.67. The van der Waals surface area contributed by atoms with Crippen molar-refractivity contribution in [1.29, 1.82) is 0 Å². The van der Waals surface area contributed by atoms with E-state index >= 15 is 0 Å². The molecule has 0 amide bonds. The van der Waals surface area contributed by atoms with Crippen LogP contribution in [0.2, 0.25) is 5.54 Å². The maximum atomic E-state index is 2.60. The molecule has 1 radical (unpaired) electrons. The number of hydrogen-bond donors (Lipinski definition) is 0. The molecule has 1 heteroatoms. The van der Waals surface area contributed by atoms with Crippen molar-refractivity contribution in [2.24, 2.45) is 0 Å². The number of unbranched alkanes of at least 4 members (excludes halogenated alkanes) is 4. The number of benzene rings is 4. The molecule has 0 heterocycles. The zero-order chi connectivity index (χ0) is 24.5. The summed E-state index contributed by atoms with van der Waals surface area (Å²) < 4.78 is 0. The van der Waals surface area contributed by atoms with E-state index in [-0.39, 0.29) is 0 Å². The fourth-order valence-corrected chi connectivity index (χ4v) is 11.4. The average Bonchev–Trinajstić information content (AvgIpc) is 3.43. The minimum absolute atomic E-state index is 0.525. The van der Waals surface area contributed by atoms with E-state index < -0.39 is 8.80 Å². The maximum absolute atomic E-state index is 2.60. The standard InChI is InChI=1S/C35H37Si/c1-3-4-5-6-7-16-25(2)36(34-30-21-12-8-17-26(30)27-18-9-13-22-31(27)34)35-32-23-14-10-19-28(32)29-20-11-15-24-33(29)35/h8-15,17-25,34-35H,3-7,16H2,1-2H3. The minimum Gasteiger partial charge on any atom is -0.0654 e. The molecule has 0 spiro atoms. The Morgan fingerprint density at radius 2 is 0.889 bits per heavy atom. The highest BCUT2D eigenvalue weighted by molar-refractivity contribution is 6.66. The first kappa shape index (κ1) is 23.5. The first-order valence-electron chi connectivity index (χ1n) is 14.0. The van der Waals surface area contributed by atoms with E-state index in [0.29, 0.717) is 11.1 Å². The van der Waals surface area contributed by atoms with Gasteiger partial charge in [0.15, 0.2) is 0 Å². The van der Waals surface area contributed by atoms with E-state index in [2.05, 4.69) is 111 Å². The summed E-state index contributed by atoms with van der Waals surface area (Å²) in [6.45, 7) is 4.91. The van der Waals surface area contributed by atoms with Gasteiger partial charge in [-0.3, -0.25) is 0 Å². The first-order valence-corrected chi connectivity index (χ1v) is 15.8. The van der Waals surface area contributed by atoms with Crippen LogP contribution in [0.1, 0.15) is 85.7 Å². The third-order valence-corrected chi connectivity index (χ3v) is 12.6. The van der Waals surface area contributed by atoms with Crippen LogP contribution in [-0.2, 0) is 0 Å². The van der Waals surface area contributed by atoms with Crippen molar-refractivity contribution in [2.45, 2.75) is 69.0 Å². The molecule has 6 rings (SSSR count). The van der Waals surface area contributed by atoms with E-state index in [0.717, 1.165) is 5.54 Å². The molecule has 0 fully saturated rings. The van der Waals surface area contributed by atoms with Gasteiger partial charge in [0.2, 0.25) is 0 Å². The van der Waals surface area contributed by atoms with Crippen LogP contribution in [0.15, 0.2) is 97.1 Å². The van der Waals surface area contributed by atoms with Gasteiger partial charge in [0.25, 0.3) is 0 Å². The molecular formula is C35H37Si. The summed E-state index contributed by atoms with van der Waals surface area (Å²) in [5.41, 5.74) is 14.0. The van der Waals surface area contributed by atoms with E-state index in [1.165, 1.54) is 60.8 Å². The van der Waals surface area contributed by atoms with Gasteiger partial charge in [-0.15, -0.1) is 0 Å². The number of hydrogen-bond acceptors (Lipinski definition) is 0. The van der Waals surface area contributed by atoms with Crippen molar-refractivity contribution in [3.8, 4) is 22.3 Å². The first-order chi connectivity index (χ1) is 17.8. The topological polar surface area (TPSA) is 0 Å². The van der Waals surface area contributed by atoms with Gasteiger partial charge in [0.1, 0.15) is 0 Å². The van der Waals surface area contributed by atoms with Gasteiger partial charge in [0.05, 0.1) is 8.80 Å². The molecule has 0 aromatic heterocycles. The molecule has 1 unspecified atom stereocenters. The largest absolute Gasteiger partial charge is 0.0788 e. The lowest BCUT2D eigenvalue weighted by molar-refractivity contribution is 0.594. The van der Waals surface area contributed by atoms with Crippen LogP contribution in [-0.4, -0.2) is 8.80 Å². The van der Waals surface area contributed by atoms with Crippen molar-refractivity contribution < 1.29 is 0 Å². The maximum Gasteiger partial charge on any atom is 0.0788 e. The quantitative estimate of drug-likeness (QED) is 0.163. The van der Waals surface area contributed by atoms with E-state index in [1.54, 1.807) is 22.3 Å². The molecule has 4 aromatic rings. The Hall–Kier alpha value is -2.90. The van der Waals surface area contributed by atoms with E-state index in [4.69, 9.17) is 0 Å². The second kappa shape index (κ2) is 10.2. The fourth-order valence-electron chi connectivity index (χ4n) is 6.99. The van der Waals surface area contributed by atoms with Crippen molar-refractivity contribution in [1.82, 2.24) is 0 Å². The molecule has 2 aliphatic carbocycles. The highest BCUT2D eigenvalue weighted by atomic mass is 28.3. The van der Waals surface area contributed by atoms with Gasteiger partial charge in [-0.2, -0.15) is 0 Å². The Bertz CT molecular complexity index is 1170. The molecule has 0 bridgehead atoms. The molecule has 0 N–H and O–H groups in total. The lowest BCUT2D eigenvalue weighted by atomic mass is 10.1. The van der Waals surface area contributed by atoms with Gasteiger partial charge in [-0.1, -0.05) is 149 Å². The van der Waals surface area contributed by atoms with Crippen LogP contribution in [0, 0.1) is 0 Å². The summed E-state index contributed by atoms with van der Waals surface area (Å²) in [4.78, 5) is 0. The Balaban J connectivity index is 1.48. The van der Waals surface area contributed by atoms with Gasteiger partial charge < -0.3 is 0 Å². The summed E-state index contributed by atoms with van der Waals surface area (Å²) in [5, 5.41) is 0. The van der Waals surface area contributed by atoms with Crippen LogP contribution in [0.5, 0.6) is 0 Å². The highest BCUT2D eigenvalue weighted by Crippen LogP contribution is 2.55. The van der Waals surface area contributed by atoms with Crippen LogP contribution in [0.4, 0.5) is 0 Å². The van der Waals surface area contributed by atoms with Crippen molar-refractivity contribution >= 4 is 8.80 Å². The SMILES string of the molecule is CCCCCCCC(C)[Si](C1c2ccccc2-c2ccccc21)C1c2ccccc2-c2ccccc21. The zero-order valence-corrected chi connectivity index (χ0v) is 22.7. The number of rotatable bonds is 9. The van der Waals surface area contributed by atoms with Gasteiger partial charge in [-0.05, 0) is 50.0 Å². The summed E-state index contributed by atoms with van der Waals surface area (Å²) in [7, 11) is -0.917. The molecular weight excluding hydrogens is 448 g/mol. The Labute approximate surface area is 219 Å². The molecule has 1 atom stereocenters. The summed E-state index contributed by atoms with van der Waals surface area (Å²) >= 11 is 0. The van der Waals surface area contributed by atoms with Crippen LogP contribution < -0.4 is 0 Å². The monoisotopic (exact) mass is 485 g/mol. The number of fused-ring (bicyclic) bond motifs is 6. The molecule has 0 saturated heterocycles. The van der Waals surface area contributed by atoms with Gasteiger partial charge in [-0.25, -0.2) is 0 Å². The summed E-state index contributed by atoms with van der Waals surface area (Å²) in [6, 6.07) is 37.2. The van der Waals surface area contributed by atoms with Crippen molar-refractivity contribution in [3.05, 3.63) is 119 Å². The molecule has 4 aromatic carbocycles. The zero-order valence-electron chi connectivity index (χ0n) is 21.7. The molecule has 181 valence electrons. The van der Waals surface area contributed by atoms with Crippen LogP contribution in [0.3, 0.4) is 0 Å². The fraction of sp³-hybridized carbons (Fsp3) is 0.314. The predicted molar refractivity (Wildman–Crippen MR) is 156 cm³/mol. The van der Waals surface area contributed by atoms with Crippen LogP contribution in [0.25, 0.3) is 22.3 Å². The van der Waals surface area contributed by atoms with Crippen molar-refractivity contribution in [3.63, 3.8) is 0 Å². The van der Waals surface area contributed by atoms with Gasteiger partial charge in [0, 0.05) is 11.1 Å². The van der Waals surface area contributed by atoms with E-state index in [1.807, 2.05) is 0 Å². The molecule has 0 aliphatic heterocycles. The van der Waals surface area contributed by atoms with Crippen LogP contribution >= 0.6 is 0 Å². The second-order valence-corrected chi connectivity index (χ2v) is 14.0. The van der Waals surface area contributed by atoms with Crippen molar-refractivity contribution in [2.75, 3.05) is 0 Å². The average molecular weight is 486 g/mol. The summed E-state index contributed by atoms with van der Waals surface area (Å²) in [5.74, 6) is 0. The minimum atomic E-state index is -0.917. The molecule has 36 heavy (non-hydrogen) atoms. The smallest absolute Gasteiger partial charge is 0.0654 e. The lowest BCUT2D eigenvalue weighted by Crippen LogP contribution is -2.35. The molecule has 0 nitrogen and oxygen atoms in total. The highest BCUT2D eigenvalue weighted by Gasteiger charge is 2.45. The molecule has 0 saturated carbocycles. The molecule has 2 aliphatic rings. The third kappa shape index (κ3) is 3.98. The van der Waals surface area contributed by atoms with E-state index in [9.17, 15) is 0 Å². The second-order valence-electron chi connectivity index (χ2n) is 10.8. The predicted octanol–water partition coefficient (Wildman–Crippen LogP) is 9.94. The normalized spacial score (nSPS) is 15.0. The summed E-state index contributed by atoms with van der Waals surface area (Å²) in [6.07, 6.45) is 8.16. The Morgan fingerprint density at radius 1 is 0.528 bits per heavy atom. The van der Waals surface area contributed by atoms with Gasteiger partial charge >= 0.3 is 0 Å². The Morgan fingerprint density at radius 3 is 1.28 bits per heavy atom.